The van der Waals surface area contributed by atoms with E-state index in [9.17, 15) is 0 Å². The average molecular weight is 218 g/mol. The molecule has 3 nitrogen and oxygen atoms in total. The van der Waals surface area contributed by atoms with Gasteiger partial charge in [0.15, 0.2) is 0 Å². The molecule has 1 rings (SSSR count). The molecule has 0 atom stereocenters. The van der Waals surface area contributed by atoms with E-state index in [0.29, 0.717) is 23.2 Å². The molecule has 0 aromatic carbocycles. The van der Waals surface area contributed by atoms with Crippen molar-refractivity contribution in [2.45, 2.75) is 20.8 Å². The first-order chi connectivity index (χ1) is 7.50. The van der Waals surface area contributed by atoms with E-state index in [-0.39, 0.29) is 0 Å². The number of anilines is 1. The summed E-state index contributed by atoms with van der Waals surface area (Å²) >= 11 is 0. The minimum Gasteiger partial charge on any atom is -0.463 e. The van der Waals surface area contributed by atoms with Gasteiger partial charge in [-0.2, -0.15) is 0 Å². The van der Waals surface area contributed by atoms with Gasteiger partial charge in [-0.15, -0.1) is 0 Å². The lowest BCUT2D eigenvalue weighted by molar-refractivity contribution is 0.424. The summed E-state index contributed by atoms with van der Waals surface area (Å²) < 4.78 is 5.43. The molecule has 0 saturated heterocycles. The van der Waals surface area contributed by atoms with Gasteiger partial charge >= 0.3 is 0 Å². The van der Waals surface area contributed by atoms with E-state index >= 15 is 0 Å². The first-order valence-electron chi connectivity index (χ1n) is 5.26. The first kappa shape index (κ1) is 12.3. The Morgan fingerprint density at radius 2 is 2.19 bits per heavy atom. The normalized spacial score (nSPS) is 11.6. The number of nitrogen functional groups attached to an aromatic ring is 1. The fourth-order valence-corrected chi connectivity index (χ4v) is 0.967. The van der Waals surface area contributed by atoms with Crippen LogP contribution < -0.4 is 5.73 Å². The van der Waals surface area contributed by atoms with Crippen molar-refractivity contribution in [2.75, 3.05) is 5.73 Å². The molecular formula is C13H18N2O. The summed E-state index contributed by atoms with van der Waals surface area (Å²) in [6.07, 6.45) is 1.71. The Morgan fingerprint density at radius 3 is 2.75 bits per heavy atom. The summed E-state index contributed by atoms with van der Waals surface area (Å²) in [6, 6.07) is 5.37. The van der Waals surface area contributed by atoms with E-state index in [2.05, 4.69) is 25.4 Å². The van der Waals surface area contributed by atoms with E-state index in [1.54, 1.807) is 12.3 Å². The second-order valence-corrected chi connectivity index (χ2v) is 4.01. The molecule has 0 aliphatic carbocycles. The van der Waals surface area contributed by atoms with E-state index in [1.807, 2.05) is 19.1 Å². The molecule has 0 bridgehead atoms. The summed E-state index contributed by atoms with van der Waals surface area (Å²) in [6.45, 7) is 10.0. The number of nitrogens with two attached hydrogens (primary N) is 1. The van der Waals surface area contributed by atoms with Crippen molar-refractivity contribution in [2.24, 2.45) is 5.92 Å². The molecular weight excluding hydrogens is 200 g/mol. The maximum Gasteiger partial charge on any atom is 0.145 e. The molecule has 0 amide bonds. The largest absolute Gasteiger partial charge is 0.463 e. The Morgan fingerprint density at radius 1 is 1.50 bits per heavy atom. The maximum absolute atomic E-state index is 5.58. The van der Waals surface area contributed by atoms with Crippen LogP contribution in [0, 0.1) is 5.92 Å². The standard InChI is InChI=1S/C13H18N2O/c1-9(2)10(3)8-16-11(4)12-6-5-7-13(14)15-12/h5-9H,4H2,1-3H3,(H2,14,15)/b10-8+. The van der Waals surface area contributed by atoms with Gasteiger partial charge in [-0.25, -0.2) is 4.98 Å². The molecule has 3 heteroatoms. The smallest absolute Gasteiger partial charge is 0.145 e. The lowest BCUT2D eigenvalue weighted by Crippen LogP contribution is -1.96. The average Bonchev–Trinajstić information content (AvgIpc) is 2.25. The summed E-state index contributed by atoms with van der Waals surface area (Å²) in [7, 11) is 0. The van der Waals surface area contributed by atoms with Gasteiger partial charge in [0, 0.05) is 0 Å². The fraction of sp³-hybridized carbons (Fsp3) is 0.308. The van der Waals surface area contributed by atoms with Crippen LogP contribution in [-0.4, -0.2) is 4.98 Å². The monoisotopic (exact) mass is 218 g/mol. The summed E-state index contributed by atoms with van der Waals surface area (Å²) in [5, 5.41) is 0. The van der Waals surface area contributed by atoms with Crippen molar-refractivity contribution in [1.82, 2.24) is 4.98 Å². The van der Waals surface area contributed by atoms with Gasteiger partial charge in [-0.3, -0.25) is 0 Å². The van der Waals surface area contributed by atoms with Crippen LogP contribution in [0.1, 0.15) is 26.5 Å². The van der Waals surface area contributed by atoms with Gasteiger partial charge in [0.25, 0.3) is 0 Å². The number of aromatic nitrogens is 1. The molecule has 86 valence electrons. The number of hydrogen-bond acceptors (Lipinski definition) is 3. The third kappa shape index (κ3) is 3.42. The number of rotatable bonds is 4. The third-order valence-corrected chi connectivity index (χ3v) is 2.35. The predicted octanol–water partition coefficient (Wildman–Crippen LogP) is 3.21. The van der Waals surface area contributed by atoms with E-state index < -0.39 is 0 Å². The molecule has 1 aromatic rings. The Kier molecular flexibility index (Phi) is 4.11. The maximum atomic E-state index is 5.58. The highest BCUT2D eigenvalue weighted by molar-refractivity contribution is 5.55. The Balaban J connectivity index is 2.70. The summed E-state index contributed by atoms with van der Waals surface area (Å²) in [4.78, 5) is 4.12. The topological polar surface area (TPSA) is 48.1 Å². The molecule has 0 radical (unpaired) electrons. The number of pyridine rings is 1. The third-order valence-electron chi connectivity index (χ3n) is 2.35. The number of hydrogen-bond donors (Lipinski definition) is 1. The van der Waals surface area contributed by atoms with Crippen molar-refractivity contribution in [3.05, 3.63) is 42.3 Å². The highest BCUT2D eigenvalue weighted by atomic mass is 16.5. The van der Waals surface area contributed by atoms with Crippen LogP contribution in [0.2, 0.25) is 0 Å². The lowest BCUT2D eigenvalue weighted by atomic mass is 10.1. The molecule has 0 aliphatic rings. The quantitative estimate of drug-likeness (QED) is 0.789. The van der Waals surface area contributed by atoms with Gasteiger partial charge in [0.1, 0.15) is 17.3 Å². The Hall–Kier alpha value is -1.77. The van der Waals surface area contributed by atoms with Crippen LogP contribution >= 0.6 is 0 Å². The SMILES string of the molecule is C=C(O/C=C(\C)C(C)C)c1cccc(N)n1. The first-order valence-corrected chi connectivity index (χ1v) is 5.26. The second kappa shape index (κ2) is 5.35. The van der Waals surface area contributed by atoms with Gasteiger partial charge < -0.3 is 10.5 Å². The zero-order valence-corrected chi connectivity index (χ0v) is 10.0. The highest BCUT2D eigenvalue weighted by Crippen LogP contribution is 2.15. The number of allylic oxidation sites excluding steroid dienone is 1. The zero-order valence-electron chi connectivity index (χ0n) is 10.0. The minimum absolute atomic E-state index is 0.460. The van der Waals surface area contributed by atoms with Gasteiger partial charge in [0.2, 0.25) is 0 Å². The van der Waals surface area contributed by atoms with Crippen molar-refractivity contribution in [3.63, 3.8) is 0 Å². The highest BCUT2D eigenvalue weighted by Gasteiger charge is 2.02. The molecule has 0 unspecified atom stereocenters. The van der Waals surface area contributed by atoms with Gasteiger partial charge in [-0.1, -0.05) is 26.5 Å². The van der Waals surface area contributed by atoms with Gasteiger partial charge in [0.05, 0.1) is 6.26 Å². The fourth-order valence-electron chi connectivity index (χ4n) is 0.967. The van der Waals surface area contributed by atoms with E-state index in [4.69, 9.17) is 10.5 Å². The van der Waals surface area contributed by atoms with Crippen molar-refractivity contribution >= 4 is 11.6 Å². The van der Waals surface area contributed by atoms with E-state index in [0.717, 1.165) is 5.57 Å². The Bertz CT molecular complexity index is 408. The molecule has 0 fully saturated rings. The van der Waals surface area contributed by atoms with Gasteiger partial charge in [-0.05, 0) is 30.5 Å². The van der Waals surface area contributed by atoms with Crippen LogP contribution in [0.3, 0.4) is 0 Å². The van der Waals surface area contributed by atoms with Crippen LogP contribution in [0.5, 0.6) is 0 Å². The molecule has 16 heavy (non-hydrogen) atoms. The molecule has 1 aromatic heterocycles. The minimum atomic E-state index is 0.460. The molecule has 1 heterocycles. The van der Waals surface area contributed by atoms with Crippen LogP contribution in [0.4, 0.5) is 5.82 Å². The summed E-state index contributed by atoms with van der Waals surface area (Å²) in [5.74, 6) is 1.43. The van der Waals surface area contributed by atoms with Crippen molar-refractivity contribution < 1.29 is 4.74 Å². The van der Waals surface area contributed by atoms with Crippen LogP contribution in [0.25, 0.3) is 5.76 Å². The van der Waals surface area contributed by atoms with Crippen LogP contribution in [0.15, 0.2) is 36.6 Å². The molecule has 0 aliphatic heterocycles. The van der Waals surface area contributed by atoms with Crippen LogP contribution in [-0.2, 0) is 4.74 Å². The lowest BCUT2D eigenvalue weighted by Gasteiger charge is -2.08. The molecule has 0 spiro atoms. The Labute approximate surface area is 96.6 Å². The second-order valence-electron chi connectivity index (χ2n) is 4.01. The number of nitrogens with zero attached hydrogens (tertiary/aromatic N) is 1. The predicted molar refractivity (Wildman–Crippen MR) is 67.4 cm³/mol. The van der Waals surface area contributed by atoms with E-state index in [1.165, 1.54) is 0 Å². The van der Waals surface area contributed by atoms with Crippen molar-refractivity contribution in [3.8, 4) is 0 Å². The molecule has 2 N–H and O–H groups in total. The van der Waals surface area contributed by atoms with Crippen molar-refractivity contribution in [1.29, 1.82) is 0 Å². The molecule has 0 saturated carbocycles. The number of ether oxygens (including phenoxy) is 1. The zero-order chi connectivity index (χ0) is 12.1. The summed E-state index contributed by atoms with van der Waals surface area (Å²) in [5.41, 5.74) is 7.39.